The number of hydrogen-bond acceptors (Lipinski definition) is 5. The van der Waals surface area contributed by atoms with Gasteiger partial charge in [0.15, 0.2) is 11.5 Å². The number of benzene rings is 2. The summed E-state index contributed by atoms with van der Waals surface area (Å²) in [5.41, 5.74) is 3.44. The Morgan fingerprint density at radius 2 is 1.56 bits per heavy atom. The van der Waals surface area contributed by atoms with Crippen molar-refractivity contribution in [3.63, 3.8) is 0 Å². The molecule has 0 fully saturated rings. The van der Waals surface area contributed by atoms with Crippen molar-refractivity contribution >= 4 is 23.2 Å². The van der Waals surface area contributed by atoms with E-state index >= 15 is 0 Å². The van der Waals surface area contributed by atoms with Crippen LogP contribution < -0.4 is 10.2 Å². The van der Waals surface area contributed by atoms with Crippen molar-refractivity contribution in [2.45, 2.75) is 19.5 Å². The first-order valence-corrected chi connectivity index (χ1v) is 11.0. The van der Waals surface area contributed by atoms with Gasteiger partial charge in [-0.1, -0.05) is 30.3 Å². The first-order valence-electron chi connectivity index (χ1n) is 11.0. The smallest absolute Gasteiger partial charge is 0.291 e. The summed E-state index contributed by atoms with van der Waals surface area (Å²) in [5.74, 6) is -0.0483. The molecule has 2 amide bonds. The molecule has 7 nitrogen and oxygen atoms in total. The molecule has 0 spiro atoms. The van der Waals surface area contributed by atoms with Crippen LogP contribution in [0.15, 0.2) is 94.2 Å². The molecule has 0 bridgehead atoms. The number of amides is 2. The van der Waals surface area contributed by atoms with Crippen LogP contribution in [0.5, 0.6) is 0 Å². The summed E-state index contributed by atoms with van der Waals surface area (Å²) in [5, 5.41) is 2.87. The average Bonchev–Trinajstić information content (AvgIpc) is 3.57. The number of carbonyl (C=O) groups excluding carboxylic acids is 2. The molecule has 0 radical (unpaired) electrons. The van der Waals surface area contributed by atoms with Gasteiger partial charge in [0.05, 0.1) is 18.6 Å². The second-order valence-electron chi connectivity index (χ2n) is 8.17. The summed E-state index contributed by atoms with van der Waals surface area (Å²) < 4.78 is 10.6. The van der Waals surface area contributed by atoms with E-state index in [9.17, 15) is 9.59 Å². The van der Waals surface area contributed by atoms with E-state index in [0.29, 0.717) is 12.2 Å². The van der Waals surface area contributed by atoms with Gasteiger partial charge in [-0.05, 0) is 60.5 Å². The molecule has 1 unspecified atom stereocenters. The molecule has 0 saturated heterocycles. The Labute approximate surface area is 198 Å². The third kappa shape index (κ3) is 5.04. The van der Waals surface area contributed by atoms with Gasteiger partial charge >= 0.3 is 0 Å². The second kappa shape index (κ2) is 10.1. The van der Waals surface area contributed by atoms with Crippen molar-refractivity contribution in [3.8, 4) is 0 Å². The lowest BCUT2D eigenvalue weighted by molar-refractivity contribution is 0.0641. The van der Waals surface area contributed by atoms with Gasteiger partial charge < -0.3 is 24.0 Å². The Kier molecular flexibility index (Phi) is 6.82. The highest BCUT2D eigenvalue weighted by Gasteiger charge is 2.26. The summed E-state index contributed by atoms with van der Waals surface area (Å²) in [6, 6.07) is 21.9. The summed E-state index contributed by atoms with van der Waals surface area (Å²) in [4.78, 5) is 29.7. The quantitative estimate of drug-likeness (QED) is 0.373. The molecule has 0 aliphatic rings. The zero-order valence-electron chi connectivity index (χ0n) is 19.4. The van der Waals surface area contributed by atoms with E-state index in [4.69, 9.17) is 8.83 Å². The third-order valence-corrected chi connectivity index (χ3v) is 5.65. The third-order valence-electron chi connectivity index (χ3n) is 5.65. The maximum Gasteiger partial charge on any atom is 0.291 e. The van der Waals surface area contributed by atoms with Crippen molar-refractivity contribution in [2.75, 3.05) is 24.3 Å². The van der Waals surface area contributed by atoms with Crippen LogP contribution in [-0.2, 0) is 6.54 Å². The highest BCUT2D eigenvalue weighted by atomic mass is 16.3. The van der Waals surface area contributed by atoms with Crippen LogP contribution in [0.3, 0.4) is 0 Å². The Morgan fingerprint density at radius 3 is 2.18 bits per heavy atom. The molecule has 1 atom stereocenters. The standard InChI is InChI=1S/C27H27N3O4/c1-19(20-9-5-4-6-10-20)30(27(32)25-12-8-16-34-25)18-21-17-22(13-14-23(21)29(2)3)28-26(31)24-11-7-15-33-24/h4-17,19H,18H2,1-3H3,(H,28,31). The molecular weight excluding hydrogens is 430 g/mol. The molecule has 7 heteroatoms. The van der Waals surface area contributed by atoms with E-state index in [2.05, 4.69) is 5.32 Å². The molecule has 34 heavy (non-hydrogen) atoms. The van der Waals surface area contributed by atoms with E-state index < -0.39 is 0 Å². The first kappa shape index (κ1) is 22.9. The second-order valence-corrected chi connectivity index (χ2v) is 8.17. The maximum atomic E-state index is 13.5. The Hall–Kier alpha value is -4.26. The monoisotopic (exact) mass is 457 g/mol. The van der Waals surface area contributed by atoms with Crippen molar-refractivity contribution < 1.29 is 18.4 Å². The minimum Gasteiger partial charge on any atom is -0.459 e. The van der Waals surface area contributed by atoms with Gasteiger partial charge in [-0.3, -0.25) is 9.59 Å². The van der Waals surface area contributed by atoms with Gasteiger partial charge in [0.2, 0.25) is 0 Å². The normalized spacial score (nSPS) is 11.6. The van der Waals surface area contributed by atoms with Gasteiger partial charge in [-0.2, -0.15) is 0 Å². The predicted molar refractivity (Wildman–Crippen MR) is 131 cm³/mol. The van der Waals surface area contributed by atoms with Crippen LogP contribution in [-0.4, -0.2) is 30.8 Å². The van der Waals surface area contributed by atoms with Crippen LogP contribution in [0.4, 0.5) is 11.4 Å². The van der Waals surface area contributed by atoms with Crippen molar-refractivity contribution in [1.29, 1.82) is 0 Å². The molecular formula is C27H27N3O4. The summed E-state index contributed by atoms with van der Waals surface area (Å²) in [6.07, 6.45) is 2.95. The van der Waals surface area contributed by atoms with Crippen LogP contribution in [0, 0.1) is 0 Å². The highest BCUT2D eigenvalue weighted by Crippen LogP contribution is 2.30. The van der Waals surface area contributed by atoms with Crippen molar-refractivity contribution in [3.05, 3.63) is 108 Å². The first-order chi connectivity index (χ1) is 16.4. The molecule has 0 aliphatic heterocycles. The van der Waals surface area contributed by atoms with Crippen LogP contribution in [0.1, 0.15) is 45.2 Å². The molecule has 0 aliphatic carbocycles. The fraction of sp³-hybridized carbons (Fsp3) is 0.185. The molecule has 1 N–H and O–H groups in total. The number of rotatable bonds is 8. The number of anilines is 2. The topological polar surface area (TPSA) is 78.9 Å². The molecule has 4 rings (SSSR count). The van der Waals surface area contributed by atoms with Crippen molar-refractivity contribution in [2.24, 2.45) is 0 Å². The SMILES string of the molecule is CC(c1ccccc1)N(Cc1cc(NC(=O)c2ccco2)ccc1N(C)C)C(=O)c1ccco1. The van der Waals surface area contributed by atoms with Gasteiger partial charge in [0.1, 0.15) is 0 Å². The summed E-state index contributed by atoms with van der Waals surface area (Å²) in [7, 11) is 3.89. The Morgan fingerprint density at radius 1 is 0.882 bits per heavy atom. The highest BCUT2D eigenvalue weighted by molar-refractivity contribution is 6.02. The number of carbonyl (C=O) groups is 2. The predicted octanol–water partition coefficient (Wildman–Crippen LogP) is 5.59. The van der Waals surface area contributed by atoms with E-state index in [1.54, 1.807) is 29.2 Å². The maximum absolute atomic E-state index is 13.5. The van der Waals surface area contributed by atoms with E-state index in [1.807, 2.05) is 74.4 Å². The van der Waals surface area contributed by atoms with Crippen LogP contribution >= 0.6 is 0 Å². The fourth-order valence-electron chi connectivity index (χ4n) is 3.85. The van der Waals surface area contributed by atoms with Gasteiger partial charge in [0, 0.05) is 32.0 Å². The fourth-order valence-corrected chi connectivity index (χ4v) is 3.85. The number of nitrogens with zero attached hydrogens (tertiary/aromatic N) is 2. The lowest BCUT2D eigenvalue weighted by Gasteiger charge is -2.31. The number of furan rings is 2. The lowest BCUT2D eigenvalue weighted by Crippen LogP contribution is -2.33. The summed E-state index contributed by atoms with van der Waals surface area (Å²) in [6.45, 7) is 2.31. The number of hydrogen-bond donors (Lipinski definition) is 1. The zero-order valence-corrected chi connectivity index (χ0v) is 19.4. The molecule has 174 valence electrons. The zero-order chi connectivity index (χ0) is 24.1. The molecule has 4 aromatic rings. The number of nitrogens with one attached hydrogen (secondary N) is 1. The van der Waals surface area contributed by atoms with Gasteiger partial charge in [0.25, 0.3) is 11.8 Å². The minimum atomic E-state index is -0.338. The molecule has 2 aromatic heterocycles. The van der Waals surface area contributed by atoms with E-state index in [0.717, 1.165) is 16.8 Å². The van der Waals surface area contributed by atoms with E-state index in [-0.39, 0.29) is 29.4 Å². The van der Waals surface area contributed by atoms with E-state index in [1.165, 1.54) is 12.5 Å². The van der Waals surface area contributed by atoms with Gasteiger partial charge in [-0.25, -0.2) is 0 Å². The average molecular weight is 458 g/mol. The summed E-state index contributed by atoms with van der Waals surface area (Å²) >= 11 is 0. The largest absolute Gasteiger partial charge is 0.459 e. The molecule has 2 heterocycles. The molecule has 0 saturated carbocycles. The van der Waals surface area contributed by atoms with Gasteiger partial charge in [-0.15, -0.1) is 0 Å². The minimum absolute atomic E-state index is 0.212. The lowest BCUT2D eigenvalue weighted by atomic mass is 10.0. The molecule has 2 aromatic carbocycles. The van der Waals surface area contributed by atoms with Crippen molar-refractivity contribution in [1.82, 2.24) is 4.90 Å². The Bertz CT molecular complexity index is 1230. The van der Waals surface area contributed by atoms with Crippen LogP contribution in [0.25, 0.3) is 0 Å². The van der Waals surface area contributed by atoms with Crippen LogP contribution in [0.2, 0.25) is 0 Å². The Balaban J connectivity index is 1.68.